The second-order valence-corrected chi connectivity index (χ2v) is 2.22. The maximum Gasteiger partial charge on any atom is 0.503 e. The molecule has 0 spiro atoms. The molecule has 0 bridgehead atoms. The summed E-state index contributed by atoms with van der Waals surface area (Å²) in [6.45, 7) is 1.04. The van der Waals surface area contributed by atoms with Gasteiger partial charge in [0.15, 0.2) is 0 Å². The lowest BCUT2D eigenvalue weighted by Gasteiger charge is -2.03. The van der Waals surface area contributed by atoms with Crippen molar-refractivity contribution in [2.45, 2.75) is 12.8 Å². The van der Waals surface area contributed by atoms with Gasteiger partial charge in [-0.3, -0.25) is 9.68 Å². The molecular formula is C7H17NO7. The van der Waals surface area contributed by atoms with E-state index < -0.39 is 6.16 Å². The molecule has 0 aromatic heterocycles. The van der Waals surface area contributed by atoms with Crippen molar-refractivity contribution in [3.05, 3.63) is 0 Å². The van der Waals surface area contributed by atoms with Gasteiger partial charge in [-0.25, -0.2) is 4.79 Å². The summed E-state index contributed by atoms with van der Waals surface area (Å²) in [5.41, 5.74) is 2.23. The van der Waals surface area contributed by atoms with Crippen molar-refractivity contribution < 1.29 is 34.9 Å². The Balaban J connectivity index is 0. The van der Waals surface area contributed by atoms with E-state index in [4.69, 9.17) is 34.9 Å². The van der Waals surface area contributed by atoms with Crippen LogP contribution in [0.1, 0.15) is 12.8 Å². The lowest BCUT2D eigenvalue weighted by molar-refractivity contribution is -0.173. The number of aliphatic hydroxyl groups is 2. The maximum atomic E-state index is 8.56. The minimum absolute atomic E-state index is 0.109. The highest BCUT2D eigenvalue weighted by atomic mass is 16.9. The molecule has 0 atom stereocenters. The van der Waals surface area contributed by atoms with E-state index in [1.54, 1.807) is 0 Å². The van der Waals surface area contributed by atoms with E-state index in [-0.39, 0.29) is 13.2 Å². The third-order valence-corrected chi connectivity index (χ3v) is 0.927. The monoisotopic (exact) mass is 227 g/mol. The molecule has 92 valence electrons. The topological polar surface area (TPSA) is 128 Å². The molecule has 0 saturated heterocycles. The summed E-state index contributed by atoms with van der Waals surface area (Å²) in [5.74, 6) is 0. The number of carboxylic acid groups (broad SMARTS) is 2. The summed E-state index contributed by atoms with van der Waals surface area (Å²) in [6, 6.07) is 0. The van der Waals surface area contributed by atoms with Crippen molar-refractivity contribution >= 4 is 6.16 Å². The van der Waals surface area contributed by atoms with Crippen LogP contribution in [0.3, 0.4) is 0 Å². The molecule has 0 rings (SSSR count). The predicted molar refractivity (Wildman–Crippen MR) is 49.1 cm³/mol. The fraction of sp³-hybridized carbons (Fsp3) is 0.857. The van der Waals surface area contributed by atoms with Crippen LogP contribution in [0, 0.1) is 0 Å². The number of aliphatic hydroxyl groups excluding tert-OH is 2. The highest BCUT2D eigenvalue weighted by molar-refractivity contribution is 5.53. The van der Waals surface area contributed by atoms with E-state index in [9.17, 15) is 0 Å². The van der Waals surface area contributed by atoms with Crippen LogP contribution in [-0.2, 0) is 9.68 Å². The molecule has 0 aliphatic rings. The summed E-state index contributed by atoms with van der Waals surface area (Å²) in [7, 11) is 0. The van der Waals surface area contributed by atoms with E-state index in [0.29, 0.717) is 26.1 Å². The molecule has 0 heterocycles. The van der Waals surface area contributed by atoms with Crippen molar-refractivity contribution in [3.63, 3.8) is 0 Å². The Hall–Kier alpha value is -0.930. The first-order chi connectivity index (χ1) is 7.15. The van der Waals surface area contributed by atoms with Gasteiger partial charge in [-0.1, -0.05) is 5.64 Å². The lowest BCUT2D eigenvalue weighted by Crippen LogP contribution is -2.17. The third-order valence-electron chi connectivity index (χ3n) is 0.927. The van der Waals surface area contributed by atoms with Crippen molar-refractivity contribution in [1.82, 2.24) is 5.64 Å². The summed E-state index contributed by atoms with van der Waals surface area (Å²) < 4.78 is 0. The molecule has 0 aliphatic heterocycles. The Bertz CT molecular complexity index is 121. The first kappa shape index (κ1) is 16.5. The summed E-state index contributed by atoms with van der Waals surface area (Å²) >= 11 is 0. The molecule has 0 fully saturated rings. The van der Waals surface area contributed by atoms with Gasteiger partial charge in [0.2, 0.25) is 0 Å². The van der Waals surface area contributed by atoms with Crippen LogP contribution in [0.25, 0.3) is 0 Å². The van der Waals surface area contributed by atoms with Crippen LogP contribution in [0.5, 0.6) is 0 Å². The van der Waals surface area contributed by atoms with Crippen LogP contribution < -0.4 is 5.64 Å². The van der Waals surface area contributed by atoms with Crippen LogP contribution >= 0.6 is 0 Å². The van der Waals surface area contributed by atoms with Gasteiger partial charge in [0, 0.05) is 13.2 Å². The highest BCUT2D eigenvalue weighted by Crippen LogP contribution is 1.79. The van der Waals surface area contributed by atoms with E-state index in [0.717, 1.165) is 0 Å². The highest BCUT2D eigenvalue weighted by Gasteiger charge is 1.87. The molecule has 0 aliphatic carbocycles. The number of hydrogen-bond donors (Lipinski definition) is 5. The molecule has 0 radical (unpaired) electrons. The molecule has 0 aromatic rings. The number of nitrogens with one attached hydrogen (secondary N) is 1. The SMILES string of the molecule is O=C(O)O.OCCCONOCCCO. The summed E-state index contributed by atoms with van der Waals surface area (Å²) in [4.78, 5) is 18.0. The molecule has 8 nitrogen and oxygen atoms in total. The van der Waals surface area contributed by atoms with Gasteiger partial charge >= 0.3 is 6.16 Å². The van der Waals surface area contributed by atoms with Crippen LogP contribution in [0.2, 0.25) is 0 Å². The average molecular weight is 227 g/mol. The first-order valence-corrected chi connectivity index (χ1v) is 4.27. The minimum atomic E-state index is -1.83. The zero-order valence-corrected chi connectivity index (χ0v) is 8.26. The fourth-order valence-corrected chi connectivity index (χ4v) is 0.398. The Labute approximate surface area is 87.0 Å². The van der Waals surface area contributed by atoms with Crippen molar-refractivity contribution in [2.75, 3.05) is 26.4 Å². The van der Waals surface area contributed by atoms with Crippen molar-refractivity contribution in [3.8, 4) is 0 Å². The van der Waals surface area contributed by atoms with Crippen LogP contribution in [-0.4, -0.2) is 53.0 Å². The third kappa shape index (κ3) is 32.0. The Morgan fingerprint density at radius 2 is 1.33 bits per heavy atom. The summed E-state index contributed by atoms with van der Waals surface area (Å²) in [5, 5.41) is 30.6. The predicted octanol–water partition coefficient (Wildman–Crippen LogP) is -0.574. The van der Waals surface area contributed by atoms with Crippen LogP contribution in [0.15, 0.2) is 0 Å². The smallest absolute Gasteiger partial charge is 0.450 e. The zero-order chi connectivity index (χ0) is 11.9. The second kappa shape index (κ2) is 15.5. The van der Waals surface area contributed by atoms with Gasteiger partial charge in [-0.15, -0.1) is 0 Å². The van der Waals surface area contributed by atoms with Gasteiger partial charge in [-0.05, 0) is 12.8 Å². The number of carbonyl (C=O) groups is 1. The Morgan fingerprint density at radius 1 is 1.00 bits per heavy atom. The lowest BCUT2D eigenvalue weighted by atomic mass is 10.5. The first-order valence-electron chi connectivity index (χ1n) is 4.27. The van der Waals surface area contributed by atoms with E-state index in [2.05, 4.69) is 5.64 Å². The van der Waals surface area contributed by atoms with Gasteiger partial charge < -0.3 is 20.4 Å². The molecule has 0 unspecified atom stereocenters. The van der Waals surface area contributed by atoms with E-state index >= 15 is 0 Å². The Kier molecular flexibility index (Phi) is 17.1. The fourth-order valence-electron chi connectivity index (χ4n) is 0.398. The van der Waals surface area contributed by atoms with Crippen molar-refractivity contribution in [2.24, 2.45) is 0 Å². The zero-order valence-electron chi connectivity index (χ0n) is 8.26. The average Bonchev–Trinajstić information content (AvgIpc) is 2.16. The van der Waals surface area contributed by atoms with Crippen molar-refractivity contribution in [1.29, 1.82) is 0 Å². The summed E-state index contributed by atoms with van der Waals surface area (Å²) in [6.07, 6.45) is -0.674. The Morgan fingerprint density at radius 3 is 1.60 bits per heavy atom. The molecule has 5 N–H and O–H groups in total. The largest absolute Gasteiger partial charge is 0.503 e. The quantitative estimate of drug-likeness (QED) is 0.275. The molecular weight excluding hydrogens is 210 g/mol. The second-order valence-electron chi connectivity index (χ2n) is 2.22. The number of hydrogen-bond acceptors (Lipinski definition) is 6. The standard InChI is InChI=1S/C6H15NO4.CH2O3/c8-3-1-5-10-7-11-6-2-4-9;2-1(3)4/h7-9H,1-6H2;(H2,2,3,4). The maximum absolute atomic E-state index is 8.56. The number of rotatable bonds is 8. The minimum Gasteiger partial charge on any atom is -0.450 e. The van der Waals surface area contributed by atoms with Gasteiger partial charge in [0.1, 0.15) is 0 Å². The van der Waals surface area contributed by atoms with Gasteiger partial charge in [0.05, 0.1) is 13.2 Å². The van der Waals surface area contributed by atoms with E-state index in [1.165, 1.54) is 0 Å². The molecule has 0 amide bonds. The van der Waals surface area contributed by atoms with E-state index in [1.807, 2.05) is 0 Å². The molecule has 0 aromatic carbocycles. The van der Waals surface area contributed by atoms with Gasteiger partial charge in [-0.2, -0.15) is 0 Å². The van der Waals surface area contributed by atoms with Crippen LogP contribution in [0.4, 0.5) is 4.79 Å². The normalized spacial score (nSPS) is 9.20. The molecule has 15 heavy (non-hydrogen) atoms. The van der Waals surface area contributed by atoms with Gasteiger partial charge in [0.25, 0.3) is 0 Å². The molecule has 0 saturated carbocycles. The molecule has 8 heteroatoms.